The fourth-order valence-electron chi connectivity index (χ4n) is 4.55. The molecule has 0 saturated heterocycles. The highest BCUT2D eigenvalue weighted by Gasteiger charge is 2.40. The number of amides is 3. The average molecular weight is 724 g/mol. The maximum Gasteiger partial charge on any atom is 0.408 e. The molecule has 0 radical (unpaired) electrons. The van der Waals surface area contributed by atoms with E-state index in [1.165, 1.54) is 31.2 Å². The van der Waals surface area contributed by atoms with Gasteiger partial charge in [-0.15, -0.1) is 0 Å². The topological polar surface area (TPSA) is 174 Å². The van der Waals surface area contributed by atoms with E-state index in [2.05, 4.69) is 10.0 Å². The Morgan fingerprint density at radius 2 is 1.44 bits per heavy atom. The Kier molecular flexibility index (Phi) is 12.1. The van der Waals surface area contributed by atoms with Crippen LogP contribution in [0.1, 0.15) is 66.0 Å². The van der Waals surface area contributed by atoms with Crippen LogP contribution in [0.2, 0.25) is 0 Å². The van der Waals surface area contributed by atoms with Crippen molar-refractivity contribution in [1.29, 1.82) is 0 Å². The van der Waals surface area contributed by atoms with Gasteiger partial charge in [-0.05, 0) is 64.4 Å². The van der Waals surface area contributed by atoms with Gasteiger partial charge >= 0.3 is 18.0 Å². The van der Waals surface area contributed by atoms with Crippen LogP contribution in [0.15, 0.2) is 94.4 Å². The van der Waals surface area contributed by atoms with Gasteiger partial charge in [0.05, 0.1) is 28.3 Å². The first kappa shape index (κ1) is 37.7. The smallest absolute Gasteiger partial charge is 0.408 e. The minimum Gasteiger partial charge on any atom is -0.462 e. The van der Waals surface area contributed by atoms with Crippen molar-refractivity contribution < 1.29 is 46.6 Å². The highest BCUT2D eigenvalue weighted by Crippen LogP contribution is 2.35. The van der Waals surface area contributed by atoms with Crippen LogP contribution < -0.4 is 10.0 Å². The molecule has 1 aliphatic rings. The molecule has 3 amide bonds. The van der Waals surface area contributed by atoms with Crippen molar-refractivity contribution in [3.05, 3.63) is 112 Å². The van der Waals surface area contributed by atoms with Gasteiger partial charge in [0.25, 0.3) is 21.8 Å². The summed E-state index contributed by atoms with van der Waals surface area (Å²) in [6.45, 7) is 7.72. The Balaban J connectivity index is 1.82. The van der Waals surface area contributed by atoms with Crippen LogP contribution in [0.5, 0.6) is 0 Å². The van der Waals surface area contributed by atoms with Gasteiger partial charge < -0.3 is 19.5 Å². The number of carbonyl (C=O) groups is 5. The van der Waals surface area contributed by atoms with Crippen molar-refractivity contribution in [1.82, 2.24) is 14.3 Å². The number of carbonyl (C=O) groups excluding carboxylic acids is 5. The van der Waals surface area contributed by atoms with E-state index in [-0.39, 0.29) is 29.2 Å². The third-order valence-electron chi connectivity index (χ3n) is 6.87. The number of rotatable bonds is 13. The minimum absolute atomic E-state index is 0.0731. The number of hydrogen-bond donors (Lipinski definition) is 2. The van der Waals surface area contributed by atoms with Gasteiger partial charge in [-0.25, -0.2) is 27.1 Å². The zero-order valence-corrected chi connectivity index (χ0v) is 29.7. The van der Waals surface area contributed by atoms with Gasteiger partial charge in [0.1, 0.15) is 23.2 Å². The van der Waals surface area contributed by atoms with Gasteiger partial charge in [-0.2, -0.15) is 0 Å². The summed E-state index contributed by atoms with van der Waals surface area (Å²) >= 11 is 0.329. The number of benzene rings is 3. The first-order chi connectivity index (χ1) is 23.6. The molecule has 15 heteroatoms. The molecule has 1 heterocycles. The largest absolute Gasteiger partial charge is 0.462 e. The van der Waals surface area contributed by atoms with E-state index in [1.54, 1.807) is 82.3 Å². The lowest BCUT2D eigenvalue weighted by Crippen LogP contribution is -2.45. The van der Waals surface area contributed by atoms with Crippen LogP contribution >= 0.6 is 11.9 Å². The highest BCUT2D eigenvalue weighted by molar-refractivity contribution is 8.02. The molecule has 0 aliphatic carbocycles. The van der Waals surface area contributed by atoms with Crippen LogP contribution in [0.4, 0.5) is 4.79 Å². The standard InChI is InChI=1S/C35H37N3O10S2/c1-6-46-33(42)29(49-38-30(39)25-14-10-11-15-26(25)31(38)40)27(37-50(44,45)24-18-16-22(2)17-19-24)20-28(36-34(43)48-35(3,4)5)32(41)47-21-23-12-8-7-9-13-23/h7-19,28,37H,6,20-21H2,1-5H3,(H,36,43)/b29-27+/t28-/m1/s1. The quantitative estimate of drug-likeness (QED) is 0.0797. The molecule has 4 rings (SSSR count). The van der Waals surface area contributed by atoms with Crippen LogP contribution in [0.25, 0.3) is 0 Å². The van der Waals surface area contributed by atoms with Crippen LogP contribution in [-0.4, -0.2) is 60.8 Å². The third kappa shape index (κ3) is 9.72. The summed E-state index contributed by atoms with van der Waals surface area (Å²) in [5, 5.41) is 2.41. The normalized spacial score (nSPS) is 13.9. The Bertz CT molecular complexity index is 1870. The first-order valence-electron chi connectivity index (χ1n) is 15.4. The average Bonchev–Trinajstić information content (AvgIpc) is 3.29. The monoisotopic (exact) mass is 723 g/mol. The number of esters is 2. The first-order valence-corrected chi connectivity index (χ1v) is 17.7. The van der Waals surface area contributed by atoms with E-state index >= 15 is 0 Å². The Morgan fingerprint density at radius 3 is 2.00 bits per heavy atom. The van der Waals surface area contributed by atoms with E-state index in [0.717, 1.165) is 5.56 Å². The van der Waals surface area contributed by atoms with Crippen LogP contribution in [-0.2, 0) is 40.4 Å². The van der Waals surface area contributed by atoms with Crippen molar-refractivity contribution in [3.63, 3.8) is 0 Å². The minimum atomic E-state index is -4.48. The summed E-state index contributed by atoms with van der Waals surface area (Å²) in [6, 6.07) is 18.8. The molecule has 0 unspecified atom stereocenters. The number of imide groups is 1. The molecule has 3 aromatic rings. The third-order valence-corrected chi connectivity index (χ3v) is 9.39. The van der Waals surface area contributed by atoms with E-state index < -0.39 is 68.5 Å². The zero-order chi connectivity index (χ0) is 36.6. The summed E-state index contributed by atoms with van der Waals surface area (Å²) < 4.78 is 46.7. The molecule has 264 valence electrons. The fraction of sp³-hybridized carbons (Fsp3) is 0.286. The maximum absolute atomic E-state index is 13.8. The zero-order valence-electron chi connectivity index (χ0n) is 28.1. The Morgan fingerprint density at radius 1 is 0.860 bits per heavy atom. The van der Waals surface area contributed by atoms with Gasteiger partial charge in [-0.3, -0.25) is 14.3 Å². The summed E-state index contributed by atoms with van der Waals surface area (Å²) in [5.74, 6) is -3.63. The second kappa shape index (κ2) is 16.0. The number of alkyl carbamates (subject to hydrolysis) is 1. The van der Waals surface area contributed by atoms with E-state index in [0.29, 0.717) is 21.8 Å². The number of fused-ring (bicyclic) bond motifs is 1. The van der Waals surface area contributed by atoms with Crippen molar-refractivity contribution in [2.24, 2.45) is 0 Å². The number of nitrogens with one attached hydrogen (secondary N) is 2. The van der Waals surface area contributed by atoms with Crippen molar-refractivity contribution in [2.75, 3.05) is 6.61 Å². The van der Waals surface area contributed by atoms with Crippen LogP contribution in [0, 0.1) is 6.92 Å². The fourth-order valence-corrected chi connectivity index (χ4v) is 6.66. The SMILES string of the molecule is CCOC(=O)/C(SN1C(=O)c2ccccc2C1=O)=C(/C[C@@H](NC(=O)OC(C)(C)C)C(=O)OCc1ccccc1)NS(=O)(=O)c1ccc(C)cc1. The summed E-state index contributed by atoms with van der Waals surface area (Å²) in [6.07, 6.45) is -1.74. The number of ether oxygens (including phenoxy) is 3. The lowest BCUT2D eigenvalue weighted by atomic mass is 10.1. The Labute approximate surface area is 294 Å². The van der Waals surface area contributed by atoms with Gasteiger partial charge in [0.2, 0.25) is 0 Å². The number of nitrogens with zero attached hydrogens (tertiary/aromatic N) is 1. The molecule has 0 fully saturated rings. The predicted molar refractivity (Wildman–Crippen MR) is 184 cm³/mol. The van der Waals surface area contributed by atoms with Crippen molar-refractivity contribution >= 4 is 51.8 Å². The van der Waals surface area contributed by atoms with E-state index in [4.69, 9.17) is 14.2 Å². The lowest BCUT2D eigenvalue weighted by molar-refractivity contribution is -0.147. The molecular formula is C35H37N3O10S2. The van der Waals surface area contributed by atoms with E-state index in [9.17, 15) is 32.4 Å². The predicted octanol–water partition coefficient (Wildman–Crippen LogP) is 5.02. The molecular weight excluding hydrogens is 687 g/mol. The van der Waals surface area contributed by atoms with Gasteiger partial charge in [0.15, 0.2) is 0 Å². The second-order valence-corrected chi connectivity index (χ2v) is 14.6. The highest BCUT2D eigenvalue weighted by atomic mass is 32.2. The molecule has 0 aromatic heterocycles. The second-order valence-electron chi connectivity index (χ2n) is 12.0. The summed E-state index contributed by atoms with van der Waals surface area (Å²) in [4.78, 5) is 66.1. The van der Waals surface area contributed by atoms with Gasteiger partial charge in [0, 0.05) is 18.4 Å². The molecule has 50 heavy (non-hydrogen) atoms. The maximum atomic E-state index is 13.8. The number of hydrogen-bond acceptors (Lipinski definition) is 11. The molecule has 0 saturated carbocycles. The Hall–Kier alpha value is -5.15. The molecule has 1 atom stereocenters. The molecule has 0 bridgehead atoms. The molecule has 0 spiro atoms. The lowest BCUT2D eigenvalue weighted by Gasteiger charge is -2.25. The summed E-state index contributed by atoms with van der Waals surface area (Å²) in [5.41, 5.74) is 0.0966. The van der Waals surface area contributed by atoms with Crippen molar-refractivity contribution in [3.8, 4) is 0 Å². The van der Waals surface area contributed by atoms with Gasteiger partial charge in [-0.1, -0.05) is 60.2 Å². The molecule has 2 N–H and O–H groups in total. The number of sulfonamides is 1. The molecule has 13 nitrogen and oxygen atoms in total. The van der Waals surface area contributed by atoms with E-state index in [1.807, 2.05) is 0 Å². The molecule has 3 aromatic carbocycles. The van der Waals surface area contributed by atoms with Crippen LogP contribution in [0.3, 0.4) is 0 Å². The summed E-state index contributed by atoms with van der Waals surface area (Å²) in [7, 11) is -4.48. The number of aryl methyl sites for hydroxylation is 1. The van der Waals surface area contributed by atoms with Crippen molar-refractivity contribution in [2.45, 2.75) is 64.2 Å². The molecule has 1 aliphatic heterocycles.